The van der Waals surface area contributed by atoms with E-state index in [1.165, 1.54) is 51.4 Å². The number of anilines is 2. The highest BCUT2D eigenvalue weighted by atomic mass is 32.2. The number of nitrogens with two attached hydrogens (primary N) is 1. The zero-order valence-corrected chi connectivity index (χ0v) is 20.0. The van der Waals surface area contributed by atoms with Gasteiger partial charge < -0.3 is 15.8 Å². The molecule has 1 aliphatic heterocycles. The van der Waals surface area contributed by atoms with Crippen molar-refractivity contribution in [3.8, 4) is 5.75 Å². The minimum absolute atomic E-state index is 0.0559. The molecule has 2 aromatic heterocycles. The molecular weight excluding hydrogens is 483 g/mol. The number of aliphatic imine (C=N–C) groups is 1. The van der Waals surface area contributed by atoms with Gasteiger partial charge in [-0.2, -0.15) is 0 Å². The predicted molar refractivity (Wildman–Crippen MR) is 128 cm³/mol. The Balaban J connectivity index is 1.69. The molecule has 0 bridgehead atoms. The number of nitrogens with zero attached hydrogens (tertiary/aromatic N) is 3. The van der Waals surface area contributed by atoms with Crippen LogP contribution in [0.15, 0.2) is 47.7 Å². The monoisotopic (exact) mass is 507 g/mol. The van der Waals surface area contributed by atoms with E-state index in [0.717, 1.165) is 0 Å². The molecule has 3 N–H and O–H groups in total. The number of alkyl halides is 2. The van der Waals surface area contributed by atoms with Gasteiger partial charge in [-0.1, -0.05) is 0 Å². The molecule has 0 fully saturated rings. The molecule has 0 radical (unpaired) electrons. The molecule has 1 atom stereocenters. The van der Waals surface area contributed by atoms with Crippen molar-refractivity contribution in [1.82, 2.24) is 9.97 Å². The van der Waals surface area contributed by atoms with Crippen LogP contribution in [0.1, 0.15) is 26.3 Å². The zero-order chi connectivity index (χ0) is 25.6. The summed E-state index contributed by atoms with van der Waals surface area (Å²) in [6.07, 6.45) is 0.191. The number of ether oxygens (including phenoxy) is 1. The van der Waals surface area contributed by atoms with Gasteiger partial charge in [-0.15, -0.1) is 0 Å². The highest BCUT2D eigenvalue weighted by Gasteiger charge is 2.49. The van der Waals surface area contributed by atoms with Crippen molar-refractivity contribution in [2.45, 2.75) is 37.5 Å². The van der Waals surface area contributed by atoms with Crippen LogP contribution < -0.4 is 15.8 Å². The first-order valence-electron chi connectivity index (χ1n) is 10.6. The predicted octanol–water partition coefficient (Wildman–Crippen LogP) is 3.94. The number of benzene rings is 1. The van der Waals surface area contributed by atoms with Crippen LogP contribution >= 0.6 is 0 Å². The van der Waals surface area contributed by atoms with Crippen LogP contribution in [0.25, 0.3) is 10.9 Å². The van der Waals surface area contributed by atoms with Crippen molar-refractivity contribution in [3.05, 3.63) is 54.1 Å². The first-order valence-corrected chi connectivity index (χ1v) is 12.3. The molecule has 1 unspecified atom stereocenters. The largest absolute Gasteiger partial charge is 0.486 e. The van der Waals surface area contributed by atoms with Crippen LogP contribution in [-0.4, -0.2) is 47.8 Å². The molecule has 0 saturated carbocycles. The molecular formula is C23H24F3N5O3S. The van der Waals surface area contributed by atoms with Crippen LogP contribution in [0.2, 0.25) is 0 Å². The van der Waals surface area contributed by atoms with Gasteiger partial charge >= 0.3 is 0 Å². The minimum atomic E-state index is -3.72. The van der Waals surface area contributed by atoms with Crippen LogP contribution in [-0.2, 0) is 15.4 Å². The Morgan fingerprint density at radius 1 is 1.17 bits per heavy atom. The lowest BCUT2D eigenvalue weighted by Gasteiger charge is -2.38. The molecule has 12 heteroatoms. The molecule has 1 aliphatic rings. The lowest BCUT2D eigenvalue weighted by Crippen LogP contribution is -2.54. The third kappa shape index (κ3) is 4.62. The van der Waals surface area contributed by atoms with Crippen LogP contribution in [0.3, 0.4) is 0 Å². The highest BCUT2D eigenvalue weighted by Crippen LogP contribution is 2.39. The number of aromatic nitrogens is 2. The summed E-state index contributed by atoms with van der Waals surface area (Å²) >= 11 is 0. The van der Waals surface area contributed by atoms with Crippen molar-refractivity contribution in [2.75, 3.05) is 17.7 Å². The smallest absolute Gasteiger partial charge is 0.272 e. The molecule has 1 aromatic carbocycles. The standard InChI is InChI=1S/C23H24F3N5O3S/c1-22(2)21(27)31-23(3,12-35(22,32)33)16-9-14(4-5-17(16)24)30-20-19-13(6-7-28-20)8-15(10-29-19)34-11-18(25)26/h4-10,18H,11-12H2,1-3H3,(H2,27,31)(H,28,30). The summed E-state index contributed by atoms with van der Waals surface area (Å²) in [4.78, 5) is 12.9. The van der Waals surface area contributed by atoms with E-state index < -0.39 is 44.7 Å². The maximum atomic E-state index is 14.9. The number of hydrogen-bond donors (Lipinski definition) is 2. The molecule has 3 heterocycles. The van der Waals surface area contributed by atoms with Crippen molar-refractivity contribution in [1.29, 1.82) is 0 Å². The van der Waals surface area contributed by atoms with Gasteiger partial charge in [0.15, 0.2) is 15.7 Å². The molecule has 35 heavy (non-hydrogen) atoms. The number of hydrogen-bond acceptors (Lipinski definition) is 8. The lowest BCUT2D eigenvalue weighted by molar-refractivity contribution is 0.0818. The SMILES string of the molecule is CC1(c2cc(Nc3nccc4cc(OCC(F)F)cnc34)ccc2F)CS(=O)(=O)C(C)(C)C(N)=N1. The van der Waals surface area contributed by atoms with Gasteiger partial charge in [-0.3, -0.25) is 4.99 Å². The quantitative estimate of drug-likeness (QED) is 0.519. The summed E-state index contributed by atoms with van der Waals surface area (Å²) in [5.41, 5.74) is 5.46. The number of sulfone groups is 1. The normalized spacial score (nSPS) is 21.1. The molecule has 4 rings (SSSR count). The Labute approximate surface area is 200 Å². The van der Waals surface area contributed by atoms with E-state index in [1.54, 1.807) is 12.1 Å². The van der Waals surface area contributed by atoms with E-state index in [4.69, 9.17) is 10.5 Å². The Bertz CT molecular complexity index is 1430. The number of halogens is 3. The molecule has 3 aromatic rings. The Morgan fingerprint density at radius 3 is 2.60 bits per heavy atom. The number of nitrogens with one attached hydrogen (secondary N) is 1. The average Bonchev–Trinajstić information content (AvgIpc) is 2.77. The average molecular weight is 508 g/mol. The summed E-state index contributed by atoms with van der Waals surface area (Å²) < 4.78 is 69.2. The number of fused-ring (bicyclic) bond motifs is 1. The maximum Gasteiger partial charge on any atom is 0.272 e. The number of amidine groups is 1. The van der Waals surface area contributed by atoms with E-state index in [9.17, 15) is 21.6 Å². The Hall–Kier alpha value is -3.41. The maximum absolute atomic E-state index is 14.9. The first-order chi connectivity index (χ1) is 16.3. The first kappa shape index (κ1) is 24.7. The number of pyridine rings is 2. The van der Waals surface area contributed by atoms with Gasteiger partial charge in [-0.05, 0) is 51.1 Å². The van der Waals surface area contributed by atoms with Crippen molar-refractivity contribution >= 4 is 38.1 Å². The van der Waals surface area contributed by atoms with Gasteiger partial charge in [0.25, 0.3) is 6.43 Å². The molecule has 186 valence electrons. The number of rotatable bonds is 6. The molecule has 8 nitrogen and oxygen atoms in total. The topological polar surface area (TPSA) is 120 Å². The van der Waals surface area contributed by atoms with E-state index in [1.807, 2.05) is 0 Å². The van der Waals surface area contributed by atoms with Gasteiger partial charge in [0, 0.05) is 22.8 Å². The summed E-state index contributed by atoms with van der Waals surface area (Å²) in [6, 6.07) is 7.33. The van der Waals surface area contributed by atoms with Crippen LogP contribution in [0.5, 0.6) is 5.75 Å². The van der Waals surface area contributed by atoms with Gasteiger partial charge in [0.05, 0.1) is 11.9 Å². The van der Waals surface area contributed by atoms with Crippen molar-refractivity contribution < 1.29 is 26.3 Å². The van der Waals surface area contributed by atoms with Crippen molar-refractivity contribution in [2.24, 2.45) is 10.7 Å². The minimum Gasteiger partial charge on any atom is -0.486 e. The van der Waals surface area contributed by atoms with E-state index in [0.29, 0.717) is 22.4 Å². The Kier molecular flexibility index (Phi) is 6.12. The Morgan fingerprint density at radius 2 is 1.91 bits per heavy atom. The summed E-state index contributed by atoms with van der Waals surface area (Å²) in [6.45, 7) is 3.71. The van der Waals surface area contributed by atoms with Crippen LogP contribution in [0, 0.1) is 5.82 Å². The second kappa shape index (κ2) is 8.67. The molecule has 0 aliphatic carbocycles. The zero-order valence-electron chi connectivity index (χ0n) is 19.2. The third-order valence-electron chi connectivity index (χ3n) is 5.99. The van der Waals surface area contributed by atoms with Crippen LogP contribution in [0.4, 0.5) is 24.7 Å². The fourth-order valence-electron chi connectivity index (χ4n) is 3.80. The highest BCUT2D eigenvalue weighted by molar-refractivity contribution is 7.93. The van der Waals surface area contributed by atoms with Crippen molar-refractivity contribution in [3.63, 3.8) is 0 Å². The van der Waals surface area contributed by atoms with E-state index in [-0.39, 0.29) is 17.1 Å². The van der Waals surface area contributed by atoms with Gasteiger partial charge in [-0.25, -0.2) is 31.6 Å². The third-order valence-corrected chi connectivity index (χ3v) is 8.70. The second-order valence-corrected chi connectivity index (χ2v) is 11.5. The summed E-state index contributed by atoms with van der Waals surface area (Å²) in [5, 5.41) is 3.64. The molecule has 0 spiro atoms. The van der Waals surface area contributed by atoms with Gasteiger partial charge in [0.1, 0.15) is 39.8 Å². The van der Waals surface area contributed by atoms with E-state index in [2.05, 4.69) is 20.3 Å². The van der Waals surface area contributed by atoms with Gasteiger partial charge in [0.2, 0.25) is 0 Å². The molecule has 0 amide bonds. The fourth-order valence-corrected chi connectivity index (χ4v) is 5.49. The summed E-state index contributed by atoms with van der Waals surface area (Å²) in [5.74, 6) is -0.623. The second-order valence-electron chi connectivity index (χ2n) is 8.96. The molecule has 0 saturated heterocycles. The van der Waals surface area contributed by atoms with E-state index >= 15 is 0 Å². The summed E-state index contributed by atoms with van der Waals surface area (Å²) in [7, 11) is -3.72. The fraction of sp³-hybridized carbons (Fsp3) is 0.348. The lowest BCUT2D eigenvalue weighted by atomic mass is 9.92.